The van der Waals surface area contributed by atoms with Crippen LogP contribution >= 0.6 is 0 Å². The summed E-state index contributed by atoms with van der Waals surface area (Å²) in [7, 11) is 3.22. The first kappa shape index (κ1) is 33.5. The van der Waals surface area contributed by atoms with Gasteiger partial charge in [0.1, 0.15) is 29.4 Å². The standard InChI is InChI=1S/C37H34N6O8/c1-48-28-16-12-26(13-17-28)37(25-9-4-3-5-10-25,27-14-18-29(49-2)19-15-27)50-22-32-31(44)20-33(51-32)41-23-38-34-35(41)39-40-42(36(34)45)21-24-8-6-7-11-30(24)43(46)47/h3-19,23,31-33,44H,20-22H2,1-2H3/t31-,32+,33+/m0/s1. The normalized spacial score (nSPS) is 17.4. The number of rotatable bonds is 12. The van der Waals surface area contributed by atoms with Crippen LogP contribution in [0.1, 0.15) is 34.9 Å². The lowest BCUT2D eigenvalue weighted by Gasteiger charge is -2.37. The highest BCUT2D eigenvalue weighted by Crippen LogP contribution is 2.43. The molecule has 6 aromatic rings. The molecule has 2 aromatic heterocycles. The summed E-state index contributed by atoms with van der Waals surface area (Å²) in [5.74, 6) is 1.38. The molecule has 1 aliphatic heterocycles. The summed E-state index contributed by atoms with van der Waals surface area (Å²) >= 11 is 0. The number of aromatic nitrogens is 5. The van der Waals surface area contributed by atoms with Crippen molar-refractivity contribution in [1.29, 1.82) is 0 Å². The predicted molar refractivity (Wildman–Crippen MR) is 185 cm³/mol. The van der Waals surface area contributed by atoms with Gasteiger partial charge in [-0.25, -0.2) is 9.67 Å². The van der Waals surface area contributed by atoms with Crippen LogP contribution in [-0.4, -0.2) is 67.6 Å². The van der Waals surface area contributed by atoms with Crippen molar-refractivity contribution >= 4 is 16.9 Å². The number of hydrogen-bond donors (Lipinski definition) is 1. The van der Waals surface area contributed by atoms with Crippen molar-refractivity contribution in [3.05, 3.63) is 152 Å². The molecule has 0 radical (unpaired) electrons. The van der Waals surface area contributed by atoms with Crippen LogP contribution in [0.5, 0.6) is 11.5 Å². The minimum absolute atomic E-state index is 0.00834. The molecule has 4 aromatic carbocycles. The summed E-state index contributed by atoms with van der Waals surface area (Å²) in [6, 6.07) is 31.2. The molecular weight excluding hydrogens is 656 g/mol. The van der Waals surface area contributed by atoms with Crippen LogP contribution in [0, 0.1) is 10.1 Å². The maximum absolute atomic E-state index is 13.4. The van der Waals surface area contributed by atoms with E-state index in [4.69, 9.17) is 18.9 Å². The molecule has 0 saturated carbocycles. The topological polar surface area (TPSA) is 166 Å². The van der Waals surface area contributed by atoms with Gasteiger partial charge in [-0.1, -0.05) is 78.0 Å². The van der Waals surface area contributed by atoms with Gasteiger partial charge in [0.25, 0.3) is 11.2 Å². The smallest absolute Gasteiger partial charge is 0.298 e. The average molecular weight is 691 g/mol. The lowest BCUT2D eigenvalue weighted by Crippen LogP contribution is -2.38. The molecule has 14 nitrogen and oxygen atoms in total. The summed E-state index contributed by atoms with van der Waals surface area (Å²) in [4.78, 5) is 28.6. The van der Waals surface area contributed by atoms with Gasteiger partial charge in [0.05, 0.1) is 50.3 Å². The maximum Gasteiger partial charge on any atom is 0.298 e. The molecule has 0 unspecified atom stereocenters. The van der Waals surface area contributed by atoms with Gasteiger partial charge in [0.2, 0.25) is 0 Å². The zero-order chi connectivity index (χ0) is 35.5. The van der Waals surface area contributed by atoms with Crippen molar-refractivity contribution in [3.63, 3.8) is 0 Å². The molecular formula is C37H34N6O8. The zero-order valence-electron chi connectivity index (χ0n) is 27.7. The number of aliphatic hydroxyl groups is 1. The lowest BCUT2D eigenvalue weighted by molar-refractivity contribution is -0.385. The van der Waals surface area contributed by atoms with Gasteiger partial charge in [-0.15, -0.1) is 5.10 Å². The average Bonchev–Trinajstić information content (AvgIpc) is 3.77. The van der Waals surface area contributed by atoms with E-state index in [1.807, 2.05) is 78.9 Å². The Hall–Kier alpha value is -5.96. The summed E-state index contributed by atoms with van der Waals surface area (Å²) in [5.41, 5.74) is 1.18. The molecule has 1 aliphatic rings. The molecule has 3 atom stereocenters. The first-order valence-electron chi connectivity index (χ1n) is 16.2. The van der Waals surface area contributed by atoms with E-state index in [9.17, 15) is 20.0 Å². The Balaban J connectivity index is 1.18. The second kappa shape index (κ2) is 14.1. The largest absolute Gasteiger partial charge is 0.497 e. The Morgan fingerprint density at radius 3 is 2.14 bits per heavy atom. The van der Waals surface area contributed by atoms with Crippen LogP contribution in [0.3, 0.4) is 0 Å². The Morgan fingerprint density at radius 1 is 0.902 bits per heavy atom. The minimum Gasteiger partial charge on any atom is -0.497 e. The Bertz CT molecular complexity index is 2160. The van der Waals surface area contributed by atoms with Crippen LogP contribution < -0.4 is 15.0 Å². The van der Waals surface area contributed by atoms with E-state index in [-0.39, 0.29) is 36.4 Å². The van der Waals surface area contributed by atoms with Gasteiger partial charge in [-0.3, -0.25) is 19.5 Å². The summed E-state index contributed by atoms with van der Waals surface area (Å²) in [6.45, 7) is -0.166. The highest BCUT2D eigenvalue weighted by Gasteiger charge is 2.42. The fourth-order valence-corrected chi connectivity index (χ4v) is 6.48. The number of benzene rings is 4. The van der Waals surface area contributed by atoms with Gasteiger partial charge in [-0.2, -0.15) is 0 Å². The molecule has 14 heteroatoms. The summed E-state index contributed by atoms with van der Waals surface area (Å²) in [5, 5.41) is 31.1. The number of aliphatic hydroxyl groups excluding tert-OH is 1. The van der Waals surface area contributed by atoms with Gasteiger partial charge < -0.3 is 24.1 Å². The third-order valence-electron chi connectivity index (χ3n) is 9.11. The van der Waals surface area contributed by atoms with E-state index in [1.54, 1.807) is 37.0 Å². The molecule has 1 saturated heterocycles. The van der Waals surface area contributed by atoms with Crippen LogP contribution in [0.15, 0.2) is 114 Å². The second-order valence-electron chi connectivity index (χ2n) is 12.0. The molecule has 0 spiro atoms. The van der Waals surface area contributed by atoms with E-state index in [0.29, 0.717) is 17.1 Å². The Kier molecular flexibility index (Phi) is 9.28. The molecule has 1 N–H and O–H groups in total. The van der Waals surface area contributed by atoms with Crippen LogP contribution in [0.25, 0.3) is 11.2 Å². The van der Waals surface area contributed by atoms with Crippen molar-refractivity contribution in [1.82, 2.24) is 24.5 Å². The molecule has 0 aliphatic carbocycles. The van der Waals surface area contributed by atoms with Gasteiger partial charge in [0, 0.05) is 12.5 Å². The van der Waals surface area contributed by atoms with Crippen LogP contribution in [0.4, 0.5) is 5.69 Å². The molecule has 7 rings (SSSR count). The maximum atomic E-state index is 13.4. The number of imidazole rings is 1. The number of hydrogen-bond acceptors (Lipinski definition) is 11. The van der Waals surface area contributed by atoms with E-state index in [2.05, 4.69) is 15.3 Å². The predicted octanol–water partition coefficient (Wildman–Crippen LogP) is 4.62. The SMILES string of the molecule is COc1ccc(C(OC[C@H]2O[C@@H](n3cnc4c(=O)n(Cc5ccccc5[N+](=O)[O-])nnc43)C[C@@H]2O)(c2ccccc2)c2ccc(OC)cc2)cc1. The Labute approximate surface area is 291 Å². The zero-order valence-corrected chi connectivity index (χ0v) is 27.7. The Morgan fingerprint density at radius 2 is 1.51 bits per heavy atom. The van der Waals surface area contributed by atoms with E-state index >= 15 is 0 Å². The summed E-state index contributed by atoms with van der Waals surface area (Å²) < 4.78 is 26.8. The number of methoxy groups -OCH3 is 2. The van der Waals surface area contributed by atoms with Crippen LogP contribution in [0.2, 0.25) is 0 Å². The molecule has 0 amide bonds. The summed E-state index contributed by atoms with van der Waals surface area (Å²) in [6.07, 6.45) is -0.839. The number of nitrogens with zero attached hydrogens (tertiary/aromatic N) is 6. The molecule has 1 fully saturated rings. The lowest BCUT2D eigenvalue weighted by atomic mass is 9.80. The number of fused-ring (bicyclic) bond motifs is 1. The molecule has 0 bridgehead atoms. The number of para-hydroxylation sites is 1. The molecule has 3 heterocycles. The highest BCUT2D eigenvalue weighted by molar-refractivity contribution is 5.68. The minimum atomic E-state index is -1.12. The van der Waals surface area contributed by atoms with Crippen LogP contribution in [-0.2, 0) is 21.6 Å². The monoisotopic (exact) mass is 690 g/mol. The second-order valence-corrected chi connectivity index (χ2v) is 12.0. The number of nitro groups is 1. The van der Waals surface area contributed by atoms with Gasteiger partial charge in [0.15, 0.2) is 11.2 Å². The first-order chi connectivity index (χ1) is 24.8. The molecule has 260 valence electrons. The highest BCUT2D eigenvalue weighted by atomic mass is 16.6. The van der Waals surface area contributed by atoms with Gasteiger partial charge >= 0.3 is 0 Å². The first-order valence-corrected chi connectivity index (χ1v) is 16.2. The molecule has 51 heavy (non-hydrogen) atoms. The van der Waals surface area contributed by atoms with Gasteiger partial charge in [-0.05, 0) is 41.0 Å². The van der Waals surface area contributed by atoms with E-state index in [0.717, 1.165) is 21.4 Å². The van der Waals surface area contributed by atoms with Crippen molar-refractivity contribution < 1.29 is 29.0 Å². The fourth-order valence-electron chi connectivity index (χ4n) is 6.48. The number of nitro benzene ring substituents is 1. The van der Waals surface area contributed by atoms with E-state index < -0.39 is 34.5 Å². The van der Waals surface area contributed by atoms with Crippen molar-refractivity contribution in [3.8, 4) is 11.5 Å². The third kappa shape index (κ3) is 6.31. The third-order valence-corrected chi connectivity index (χ3v) is 9.11. The van der Waals surface area contributed by atoms with Crippen molar-refractivity contribution in [2.45, 2.75) is 37.0 Å². The van der Waals surface area contributed by atoms with Crippen molar-refractivity contribution in [2.24, 2.45) is 0 Å². The number of ether oxygens (including phenoxy) is 4. The van der Waals surface area contributed by atoms with E-state index in [1.165, 1.54) is 12.4 Å². The quantitative estimate of drug-likeness (QED) is 0.108. The van der Waals surface area contributed by atoms with Crippen molar-refractivity contribution in [2.75, 3.05) is 20.8 Å². The fraction of sp³-hybridized carbons (Fsp3) is 0.243.